The quantitative estimate of drug-likeness (QED) is 0.875. The second kappa shape index (κ2) is 6.10. The van der Waals surface area contributed by atoms with E-state index < -0.39 is 0 Å². The van der Waals surface area contributed by atoms with Crippen LogP contribution in [0.1, 0.15) is 26.0 Å². The van der Waals surface area contributed by atoms with Crippen LogP contribution in [0.2, 0.25) is 0 Å². The van der Waals surface area contributed by atoms with Crippen LogP contribution in [-0.2, 0) is 6.42 Å². The summed E-state index contributed by atoms with van der Waals surface area (Å²) >= 11 is 0. The Balaban J connectivity index is 2.39. The molecule has 2 aromatic heterocycles. The molecule has 0 unspecified atom stereocenters. The molecular formula is C14H18N4. The Labute approximate surface area is 108 Å². The van der Waals surface area contributed by atoms with E-state index in [9.17, 15) is 0 Å². The van der Waals surface area contributed by atoms with Crippen LogP contribution in [0.15, 0.2) is 30.6 Å². The van der Waals surface area contributed by atoms with Gasteiger partial charge in [-0.05, 0) is 25.5 Å². The summed E-state index contributed by atoms with van der Waals surface area (Å²) in [4.78, 5) is 13.1. The van der Waals surface area contributed by atoms with E-state index in [1.165, 1.54) is 0 Å². The molecule has 4 heteroatoms. The van der Waals surface area contributed by atoms with Crippen molar-refractivity contribution < 1.29 is 0 Å². The van der Waals surface area contributed by atoms with E-state index in [-0.39, 0.29) is 0 Å². The molecule has 2 aromatic rings. The number of pyridine rings is 1. The lowest BCUT2D eigenvalue weighted by Gasteiger charge is -2.08. The second-order valence-electron chi connectivity index (χ2n) is 4.08. The number of nitrogens with zero attached hydrogens (tertiary/aromatic N) is 3. The first-order valence-electron chi connectivity index (χ1n) is 6.35. The number of hydrogen-bond donors (Lipinski definition) is 1. The molecule has 0 fully saturated rings. The van der Waals surface area contributed by atoms with Crippen molar-refractivity contribution in [2.45, 2.75) is 26.7 Å². The molecule has 0 spiro atoms. The first-order chi connectivity index (χ1) is 8.83. The Kier molecular flexibility index (Phi) is 4.23. The molecule has 2 rings (SSSR count). The van der Waals surface area contributed by atoms with Crippen LogP contribution in [0.3, 0.4) is 0 Å². The van der Waals surface area contributed by atoms with E-state index in [1.54, 1.807) is 12.4 Å². The number of rotatable bonds is 5. The predicted octanol–water partition coefficient (Wildman–Crippen LogP) is 2.92. The highest BCUT2D eigenvalue weighted by Gasteiger charge is 2.05. The normalized spacial score (nSPS) is 10.3. The van der Waals surface area contributed by atoms with Gasteiger partial charge in [0.1, 0.15) is 5.82 Å². The lowest BCUT2D eigenvalue weighted by atomic mass is 10.2. The van der Waals surface area contributed by atoms with Crippen LogP contribution in [0.5, 0.6) is 0 Å². The van der Waals surface area contributed by atoms with Gasteiger partial charge in [0.15, 0.2) is 5.82 Å². The van der Waals surface area contributed by atoms with Gasteiger partial charge < -0.3 is 5.32 Å². The van der Waals surface area contributed by atoms with Crippen molar-refractivity contribution >= 4 is 5.82 Å². The minimum absolute atomic E-state index is 0.763. The average molecular weight is 242 g/mol. The van der Waals surface area contributed by atoms with Crippen LogP contribution >= 0.6 is 0 Å². The third-order valence-corrected chi connectivity index (χ3v) is 2.58. The fourth-order valence-corrected chi connectivity index (χ4v) is 1.78. The fraction of sp³-hybridized carbons (Fsp3) is 0.357. The average Bonchev–Trinajstić information content (AvgIpc) is 2.40. The first kappa shape index (κ1) is 12.5. The van der Waals surface area contributed by atoms with Gasteiger partial charge in [-0.15, -0.1) is 0 Å². The molecule has 0 radical (unpaired) electrons. The number of hydrogen-bond acceptors (Lipinski definition) is 4. The molecular weight excluding hydrogens is 224 g/mol. The van der Waals surface area contributed by atoms with Crippen molar-refractivity contribution in [1.29, 1.82) is 0 Å². The summed E-state index contributed by atoms with van der Waals surface area (Å²) in [5.74, 6) is 1.65. The number of anilines is 1. The van der Waals surface area contributed by atoms with Gasteiger partial charge in [-0.2, -0.15) is 0 Å². The van der Waals surface area contributed by atoms with Gasteiger partial charge in [0.2, 0.25) is 0 Å². The van der Waals surface area contributed by atoms with E-state index in [4.69, 9.17) is 0 Å². The third kappa shape index (κ3) is 3.03. The van der Waals surface area contributed by atoms with Crippen molar-refractivity contribution in [2.24, 2.45) is 0 Å². The summed E-state index contributed by atoms with van der Waals surface area (Å²) in [7, 11) is 0. The fourth-order valence-electron chi connectivity index (χ4n) is 1.78. The molecule has 0 amide bonds. The minimum Gasteiger partial charge on any atom is -0.370 e. The molecule has 0 aromatic carbocycles. The van der Waals surface area contributed by atoms with E-state index in [0.29, 0.717) is 0 Å². The third-order valence-electron chi connectivity index (χ3n) is 2.58. The summed E-state index contributed by atoms with van der Waals surface area (Å²) in [5.41, 5.74) is 2.08. The molecule has 0 bridgehead atoms. The second-order valence-corrected chi connectivity index (χ2v) is 4.08. The van der Waals surface area contributed by atoms with Gasteiger partial charge in [-0.3, -0.25) is 4.98 Å². The van der Waals surface area contributed by atoms with Crippen LogP contribution in [0, 0.1) is 0 Å². The van der Waals surface area contributed by atoms with Crippen LogP contribution in [-0.4, -0.2) is 21.5 Å². The Morgan fingerprint density at radius 1 is 1.11 bits per heavy atom. The summed E-state index contributed by atoms with van der Waals surface area (Å²) < 4.78 is 0. The molecule has 0 saturated carbocycles. The van der Waals surface area contributed by atoms with Crippen molar-refractivity contribution in [1.82, 2.24) is 15.0 Å². The zero-order valence-electron chi connectivity index (χ0n) is 10.8. The maximum absolute atomic E-state index is 4.60. The highest BCUT2D eigenvalue weighted by Crippen LogP contribution is 2.17. The summed E-state index contributed by atoms with van der Waals surface area (Å²) in [6, 6.07) is 5.89. The predicted molar refractivity (Wildman–Crippen MR) is 73.4 cm³/mol. The molecule has 0 aliphatic heterocycles. The molecule has 2 heterocycles. The van der Waals surface area contributed by atoms with Gasteiger partial charge in [0.25, 0.3) is 0 Å². The topological polar surface area (TPSA) is 50.7 Å². The standard InChI is InChI=1S/C14H18N4/c1-3-5-12-10-13(16-4-2)18-14(17-12)11-6-8-15-9-7-11/h6-10H,3-5H2,1-2H3,(H,16,17,18). The Bertz CT molecular complexity index is 472. The minimum atomic E-state index is 0.763. The zero-order chi connectivity index (χ0) is 12.8. The maximum Gasteiger partial charge on any atom is 0.161 e. The molecule has 1 N–H and O–H groups in total. The van der Waals surface area contributed by atoms with Gasteiger partial charge in [0.05, 0.1) is 0 Å². The van der Waals surface area contributed by atoms with Crippen LogP contribution in [0.25, 0.3) is 11.4 Å². The Hall–Kier alpha value is -1.97. The first-order valence-corrected chi connectivity index (χ1v) is 6.35. The molecule has 4 nitrogen and oxygen atoms in total. The molecule has 0 aliphatic rings. The Morgan fingerprint density at radius 3 is 2.56 bits per heavy atom. The highest BCUT2D eigenvalue weighted by atomic mass is 15.0. The smallest absolute Gasteiger partial charge is 0.161 e. The summed E-state index contributed by atoms with van der Waals surface area (Å²) in [6.45, 7) is 5.08. The van der Waals surface area contributed by atoms with Gasteiger partial charge in [-0.25, -0.2) is 9.97 Å². The molecule has 0 saturated heterocycles. The molecule has 18 heavy (non-hydrogen) atoms. The van der Waals surface area contributed by atoms with Crippen molar-refractivity contribution in [3.63, 3.8) is 0 Å². The summed E-state index contributed by atoms with van der Waals surface area (Å²) in [5, 5.41) is 3.25. The van der Waals surface area contributed by atoms with E-state index in [1.807, 2.05) is 18.2 Å². The van der Waals surface area contributed by atoms with E-state index >= 15 is 0 Å². The number of nitrogens with one attached hydrogen (secondary N) is 1. The maximum atomic E-state index is 4.60. The molecule has 0 atom stereocenters. The van der Waals surface area contributed by atoms with E-state index in [0.717, 1.165) is 42.3 Å². The van der Waals surface area contributed by atoms with Crippen molar-refractivity contribution in [2.75, 3.05) is 11.9 Å². The van der Waals surface area contributed by atoms with E-state index in [2.05, 4.69) is 34.1 Å². The Morgan fingerprint density at radius 2 is 1.89 bits per heavy atom. The van der Waals surface area contributed by atoms with Crippen molar-refractivity contribution in [3.05, 3.63) is 36.3 Å². The van der Waals surface area contributed by atoms with Gasteiger partial charge in [0, 0.05) is 36.3 Å². The number of aromatic nitrogens is 3. The highest BCUT2D eigenvalue weighted by molar-refractivity contribution is 5.56. The SMILES string of the molecule is CCCc1cc(NCC)nc(-c2ccncc2)n1. The summed E-state index contributed by atoms with van der Waals surface area (Å²) in [6.07, 6.45) is 5.58. The van der Waals surface area contributed by atoms with Crippen LogP contribution in [0.4, 0.5) is 5.82 Å². The monoisotopic (exact) mass is 242 g/mol. The molecule has 0 aliphatic carbocycles. The lowest BCUT2D eigenvalue weighted by molar-refractivity contribution is 0.875. The van der Waals surface area contributed by atoms with Gasteiger partial charge >= 0.3 is 0 Å². The number of aryl methyl sites for hydroxylation is 1. The van der Waals surface area contributed by atoms with Gasteiger partial charge in [-0.1, -0.05) is 13.3 Å². The lowest BCUT2D eigenvalue weighted by Crippen LogP contribution is -2.04. The molecule has 94 valence electrons. The largest absolute Gasteiger partial charge is 0.370 e. The van der Waals surface area contributed by atoms with Crippen LogP contribution < -0.4 is 5.32 Å². The zero-order valence-corrected chi connectivity index (χ0v) is 10.8. The van der Waals surface area contributed by atoms with Crippen molar-refractivity contribution in [3.8, 4) is 11.4 Å².